The Morgan fingerprint density at radius 1 is 1.05 bits per heavy atom. The maximum atomic E-state index is 4.57. The fourth-order valence-electron chi connectivity index (χ4n) is 2.75. The van der Waals surface area contributed by atoms with Crippen molar-refractivity contribution < 1.29 is 0 Å². The molecule has 20 heavy (non-hydrogen) atoms. The summed E-state index contributed by atoms with van der Waals surface area (Å²) in [7, 11) is 0. The lowest BCUT2D eigenvalue weighted by Crippen LogP contribution is -2.21. The molecule has 0 radical (unpaired) electrons. The second-order valence-corrected chi connectivity index (χ2v) is 5.35. The van der Waals surface area contributed by atoms with Crippen LogP contribution in [0.4, 0.5) is 11.5 Å². The van der Waals surface area contributed by atoms with E-state index in [0.717, 1.165) is 24.6 Å². The maximum absolute atomic E-state index is 4.57. The smallest absolute Gasteiger partial charge is 0.151 e. The van der Waals surface area contributed by atoms with Gasteiger partial charge < -0.3 is 10.2 Å². The van der Waals surface area contributed by atoms with Crippen LogP contribution in [-0.2, 0) is 0 Å². The van der Waals surface area contributed by atoms with Gasteiger partial charge in [-0.3, -0.25) is 0 Å². The molecule has 1 aromatic heterocycles. The molecule has 1 saturated heterocycles. The van der Waals surface area contributed by atoms with Crippen molar-refractivity contribution in [3.05, 3.63) is 54.2 Å². The van der Waals surface area contributed by atoms with E-state index in [1.807, 2.05) is 12.3 Å². The van der Waals surface area contributed by atoms with E-state index in [1.54, 1.807) is 0 Å². The van der Waals surface area contributed by atoms with Crippen LogP contribution in [0.5, 0.6) is 0 Å². The molecule has 0 saturated carbocycles. The summed E-state index contributed by atoms with van der Waals surface area (Å²) in [6.45, 7) is 4.42. The number of nitrogens with zero attached hydrogens (tertiary/aromatic N) is 2. The molecule has 1 N–H and O–H groups in total. The van der Waals surface area contributed by atoms with Gasteiger partial charge in [0, 0.05) is 25.3 Å². The topological polar surface area (TPSA) is 28.2 Å². The Hall–Kier alpha value is -2.03. The molecule has 0 amide bonds. The first kappa shape index (κ1) is 13.0. The summed E-state index contributed by atoms with van der Waals surface area (Å²) in [4.78, 5) is 6.95. The molecule has 1 aromatic carbocycles. The lowest BCUT2D eigenvalue weighted by Gasteiger charge is -2.23. The van der Waals surface area contributed by atoms with Crippen molar-refractivity contribution in [2.24, 2.45) is 0 Å². The van der Waals surface area contributed by atoms with Crippen LogP contribution in [0.2, 0.25) is 0 Å². The molecule has 1 aliphatic rings. The largest absolute Gasteiger partial charge is 0.376 e. The number of pyridine rings is 1. The van der Waals surface area contributed by atoms with E-state index in [2.05, 4.69) is 58.5 Å². The summed E-state index contributed by atoms with van der Waals surface area (Å²) in [6.07, 6.45) is 4.42. The minimum absolute atomic E-state index is 0.279. The van der Waals surface area contributed by atoms with E-state index in [4.69, 9.17) is 0 Å². The third-order valence-corrected chi connectivity index (χ3v) is 3.86. The normalized spacial score (nSPS) is 16.1. The van der Waals surface area contributed by atoms with Crippen molar-refractivity contribution in [1.29, 1.82) is 0 Å². The lowest BCUT2D eigenvalue weighted by molar-refractivity contribution is 0.871. The molecule has 0 spiro atoms. The summed E-state index contributed by atoms with van der Waals surface area (Å²) in [5, 5.41) is 3.60. The molecule has 0 aliphatic carbocycles. The molecule has 104 valence electrons. The van der Waals surface area contributed by atoms with Gasteiger partial charge in [0.05, 0.1) is 5.69 Å². The van der Waals surface area contributed by atoms with Gasteiger partial charge in [-0.05, 0) is 37.5 Å². The minimum Gasteiger partial charge on any atom is -0.376 e. The number of rotatable bonds is 4. The van der Waals surface area contributed by atoms with Crippen molar-refractivity contribution in [3.8, 4) is 0 Å². The summed E-state index contributed by atoms with van der Waals surface area (Å²) in [6, 6.07) is 14.9. The fourth-order valence-corrected chi connectivity index (χ4v) is 2.75. The van der Waals surface area contributed by atoms with Crippen molar-refractivity contribution in [3.63, 3.8) is 0 Å². The highest BCUT2D eigenvalue weighted by Gasteiger charge is 2.17. The maximum Gasteiger partial charge on any atom is 0.151 e. The molecule has 3 nitrogen and oxygen atoms in total. The molecular weight excluding hydrogens is 246 g/mol. The highest BCUT2D eigenvalue weighted by atomic mass is 15.2. The molecule has 1 aliphatic heterocycles. The Morgan fingerprint density at radius 3 is 2.55 bits per heavy atom. The van der Waals surface area contributed by atoms with Crippen LogP contribution in [0.15, 0.2) is 48.7 Å². The predicted octanol–water partition coefficient (Wildman–Crippen LogP) is 3.85. The van der Waals surface area contributed by atoms with Crippen LogP contribution in [0.3, 0.4) is 0 Å². The molecule has 1 atom stereocenters. The standard InChI is InChI=1S/C17H21N3/c1-14(15-8-3-2-4-9-15)19-16-10-7-11-18-17(16)20-12-5-6-13-20/h2-4,7-11,14,19H,5-6,12-13H2,1H3. The zero-order chi connectivity index (χ0) is 13.8. The van der Waals surface area contributed by atoms with E-state index in [0.29, 0.717) is 0 Å². The zero-order valence-electron chi connectivity index (χ0n) is 11.9. The number of benzene rings is 1. The first-order chi connectivity index (χ1) is 9.84. The Kier molecular flexibility index (Phi) is 3.86. The zero-order valence-corrected chi connectivity index (χ0v) is 11.9. The van der Waals surface area contributed by atoms with Gasteiger partial charge in [0.15, 0.2) is 5.82 Å². The average Bonchev–Trinajstić information content (AvgIpc) is 3.03. The van der Waals surface area contributed by atoms with E-state index < -0.39 is 0 Å². The first-order valence-electron chi connectivity index (χ1n) is 7.36. The molecule has 1 fully saturated rings. The van der Waals surface area contributed by atoms with Gasteiger partial charge in [-0.25, -0.2) is 4.98 Å². The minimum atomic E-state index is 0.279. The molecule has 2 heterocycles. The summed E-state index contributed by atoms with van der Waals surface area (Å²) in [5.74, 6) is 1.09. The summed E-state index contributed by atoms with van der Waals surface area (Å²) >= 11 is 0. The number of aromatic nitrogens is 1. The van der Waals surface area contributed by atoms with Gasteiger partial charge in [0.25, 0.3) is 0 Å². The van der Waals surface area contributed by atoms with Gasteiger partial charge in [-0.1, -0.05) is 30.3 Å². The molecule has 3 rings (SSSR count). The molecular formula is C17H21N3. The Labute approximate surface area is 120 Å². The number of nitrogens with one attached hydrogen (secondary N) is 1. The van der Waals surface area contributed by atoms with E-state index in [1.165, 1.54) is 18.4 Å². The van der Waals surface area contributed by atoms with E-state index >= 15 is 0 Å². The first-order valence-corrected chi connectivity index (χ1v) is 7.36. The van der Waals surface area contributed by atoms with Gasteiger partial charge in [-0.2, -0.15) is 0 Å². The van der Waals surface area contributed by atoms with Crippen molar-refractivity contribution in [2.75, 3.05) is 23.3 Å². The number of anilines is 2. The lowest BCUT2D eigenvalue weighted by atomic mass is 10.1. The van der Waals surface area contributed by atoms with Gasteiger partial charge >= 0.3 is 0 Å². The molecule has 0 bridgehead atoms. The third kappa shape index (κ3) is 2.77. The van der Waals surface area contributed by atoms with E-state index in [9.17, 15) is 0 Å². The van der Waals surface area contributed by atoms with Crippen molar-refractivity contribution in [2.45, 2.75) is 25.8 Å². The van der Waals surface area contributed by atoms with Crippen molar-refractivity contribution >= 4 is 11.5 Å². The molecule has 3 heteroatoms. The van der Waals surface area contributed by atoms with Crippen LogP contribution in [-0.4, -0.2) is 18.1 Å². The van der Waals surface area contributed by atoms with Gasteiger partial charge in [0.1, 0.15) is 0 Å². The average molecular weight is 267 g/mol. The van der Waals surface area contributed by atoms with Crippen LogP contribution in [0.1, 0.15) is 31.4 Å². The predicted molar refractivity (Wildman–Crippen MR) is 84.2 cm³/mol. The second-order valence-electron chi connectivity index (χ2n) is 5.35. The van der Waals surface area contributed by atoms with Gasteiger partial charge in [0.2, 0.25) is 0 Å². The summed E-state index contributed by atoms with van der Waals surface area (Å²) < 4.78 is 0. The van der Waals surface area contributed by atoms with Crippen LogP contribution >= 0.6 is 0 Å². The quantitative estimate of drug-likeness (QED) is 0.912. The third-order valence-electron chi connectivity index (χ3n) is 3.86. The SMILES string of the molecule is CC(Nc1cccnc1N1CCCC1)c1ccccc1. The summed E-state index contributed by atoms with van der Waals surface area (Å²) in [5.41, 5.74) is 2.43. The Bertz CT molecular complexity index is 547. The Balaban J connectivity index is 1.80. The van der Waals surface area contributed by atoms with E-state index in [-0.39, 0.29) is 6.04 Å². The highest BCUT2D eigenvalue weighted by molar-refractivity contribution is 5.66. The molecule has 2 aromatic rings. The highest BCUT2D eigenvalue weighted by Crippen LogP contribution is 2.29. The second kappa shape index (κ2) is 5.95. The Morgan fingerprint density at radius 2 is 1.80 bits per heavy atom. The van der Waals surface area contributed by atoms with Crippen LogP contribution in [0.25, 0.3) is 0 Å². The van der Waals surface area contributed by atoms with Crippen LogP contribution in [0, 0.1) is 0 Å². The van der Waals surface area contributed by atoms with Crippen LogP contribution < -0.4 is 10.2 Å². The monoisotopic (exact) mass is 267 g/mol. The van der Waals surface area contributed by atoms with Crippen molar-refractivity contribution in [1.82, 2.24) is 4.98 Å². The molecule has 1 unspecified atom stereocenters. The fraction of sp³-hybridized carbons (Fsp3) is 0.353. The number of hydrogen-bond acceptors (Lipinski definition) is 3. The number of hydrogen-bond donors (Lipinski definition) is 1. The van der Waals surface area contributed by atoms with Gasteiger partial charge in [-0.15, -0.1) is 0 Å².